The van der Waals surface area contributed by atoms with Gasteiger partial charge in [-0.1, -0.05) is 12.1 Å². The molecule has 1 fully saturated rings. The normalized spacial score (nSPS) is 23.4. The second kappa shape index (κ2) is 5.50. The minimum absolute atomic E-state index is 0.316. The van der Waals surface area contributed by atoms with Gasteiger partial charge in [0, 0.05) is 12.6 Å². The third-order valence-corrected chi connectivity index (χ3v) is 3.32. The molecule has 1 aliphatic rings. The van der Waals surface area contributed by atoms with Crippen LogP contribution in [0.3, 0.4) is 0 Å². The summed E-state index contributed by atoms with van der Waals surface area (Å²) < 4.78 is 5.67. The van der Waals surface area contributed by atoms with Gasteiger partial charge in [0.15, 0.2) is 0 Å². The Hall–Kier alpha value is -1.72. The molecule has 100 valence electrons. The molecule has 1 N–H and O–H groups in total. The van der Waals surface area contributed by atoms with Gasteiger partial charge < -0.3 is 10.1 Å². The molecule has 0 amide bonds. The molecule has 0 radical (unpaired) electrons. The van der Waals surface area contributed by atoms with Crippen molar-refractivity contribution in [3.63, 3.8) is 0 Å². The van der Waals surface area contributed by atoms with Crippen LogP contribution in [0.4, 0.5) is 0 Å². The molecular weight excluding hydrogens is 240 g/mol. The van der Waals surface area contributed by atoms with Crippen LogP contribution < -0.4 is 5.32 Å². The van der Waals surface area contributed by atoms with Crippen molar-refractivity contribution in [2.24, 2.45) is 0 Å². The van der Waals surface area contributed by atoms with E-state index in [0.29, 0.717) is 12.1 Å². The van der Waals surface area contributed by atoms with Crippen LogP contribution in [0, 0.1) is 0 Å². The lowest BCUT2D eigenvalue weighted by Crippen LogP contribution is -2.46. The molecule has 19 heavy (non-hydrogen) atoms. The molecule has 0 spiro atoms. The standard InChI is InChI=1S/C14H18N4O/c1-11-9-15-13(10-19-11)7-12-3-2-4-14(8-12)18-16-5-6-17-18/h2-6,8,11,13,15H,7,9-10H2,1H3/t11-,13-/m1/s1. The highest BCUT2D eigenvalue weighted by Gasteiger charge is 2.18. The molecule has 2 aromatic rings. The maximum Gasteiger partial charge on any atom is 0.0859 e. The number of morpholine rings is 1. The van der Waals surface area contributed by atoms with Crippen molar-refractivity contribution in [2.45, 2.75) is 25.5 Å². The molecule has 0 saturated carbocycles. The summed E-state index contributed by atoms with van der Waals surface area (Å²) in [5, 5.41) is 11.8. The Morgan fingerprint density at radius 2 is 2.21 bits per heavy atom. The van der Waals surface area contributed by atoms with Crippen LogP contribution in [0.1, 0.15) is 12.5 Å². The van der Waals surface area contributed by atoms with Crippen LogP contribution in [0.2, 0.25) is 0 Å². The number of nitrogens with zero attached hydrogens (tertiary/aromatic N) is 3. The van der Waals surface area contributed by atoms with Crippen LogP contribution in [-0.4, -0.2) is 40.3 Å². The summed E-state index contributed by atoms with van der Waals surface area (Å²) in [6.07, 6.45) is 4.65. The Balaban J connectivity index is 1.70. The van der Waals surface area contributed by atoms with Crippen molar-refractivity contribution < 1.29 is 4.74 Å². The van der Waals surface area contributed by atoms with Crippen molar-refractivity contribution in [1.29, 1.82) is 0 Å². The lowest BCUT2D eigenvalue weighted by Gasteiger charge is -2.28. The molecule has 0 aliphatic carbocycles. The van der Waals surface area contributed by atoms with Crippen LogP contribution in [0.15, 0.2) is 36.7 Å². The lowest BCUT2D eigenvalue weighted by molar-refractivity contribution is 0.0155. The van der Waals surface area contributed by atoms with Gasteiger partial charge in [-0.2, -0.15) is 15.0 Å². The minimum atomic E-state index is 0.316. The SMILES string of the molecule is C[C@@H]1CN[C@H](Cc2cccc(-n3nccn3)c2)CO1. The molecule has 1 aromatic carbocycles. The van der Waals surface area contributed by atoms with Gasteiger partial charge in [-0.05, 0) is 31.0 Å². The summed E-state index contributed by atoms with van der Waals surface area (Å²) in [6, 6.07) is 8.69. The van der Waals surface area contributed by atoms with Crippen LogP contribution in [0.25, 0.3) is 5.69 Å². The summed E-state index contributed by atoms with van der Waals surface area (Å²) in [6.45, 7) is 3.78. The molecule has 0 bridgehead atoms. The molecule has 1 aliphatic heterocycles. The highest BCUT2D eigenvalue weighted by Crippen LogP contribution is 2.12. The van der Waals surface area contributed by atoms with Crippen LogP contribution in [-0.2, 0) is 11.2 Å². The summed E-state index contributed by atoms with van der Waals surface area (Å²) >= 11 is 0. The minimum Gasteiger partial charge on any atom is -0.376 e. The smallest absolute Gasteiger partial charge is 0.0859 e. The molecule has 5 heteroatoms. The summed E-state index contributed by atoms with van der Waals surface area (Å²) in [4.78, 5) is 1.64. The zero-order valence-electron chi connectivity index (χ0n) is 11.0. The van der Waals surface area contributed by atoms with E-state index in [4.69, 9.17) is 4.74 Å². The van der Waals surface area contributed by atoms with Gasteiger partial charge >= 0.3 is 0 Å². The molecular formula is C14H18N4O. The van der Waals surface area contributed by atoms with Gasteiger partial charge in [-0.3, -0.25) is 0 Å². The van der Waals surface area contributed by atoms with Crippen LogP contribution in [0.5, 0.6) is 0 Å². The Kier molecular flexibility index (Phi) is 3.57. The molecule has 2 heterocycles. The van der Waals surface area contributed by atoms with E-state index in [1.807, 2.05) is 12.1 Å². The van der Waals surface area contributed by atoms with Gasteiger partial charge in [0.2, 0.25) is 0 Å². The monoisotopic (exact) mass is 258 g/mol. The average molecular weight is 258 g/mol. The Bertz CT molecular complexity index is 518. The molecule has 3 rings (SSSR count). The zero-order chi connectivity index (χ0) is 13.1. The third-order valence-electron chi connectivity index (χ3n) is 3.32. The first-order chi connectivity index (χ1) is 9.31. The summed E-state index contributed by atoms with van der Waals surface area (Å²) in [5.74, 6) is 0. The summed E-state index contributed by atoms with van der Waals surface area (Å²) in [7, 11) is 0. The zero-order valence-corrected chi connectivity index (χ0v) is 11.0. The molecule has 1 aromatic heterocycles. The number of benzene rings is 1. The quantitative estimate of drug-likeness (QED) is 0.898. The number of hydrogen-bond donors (Lipinski definition) is 1. The fourth-order valence-electron chi connectivity index (χ4n) is 2.30. The fourth-order valence-corrected chi connectivity index (χ4v) is 2.30. The van der Waals surface area contributed by atoms with E-state index in [-0.39, 0.29) is 0 Å². The average Bonchev–Trinajstić information content (AvgIpc) is 2.96. The van der Waals surface area contributed by atoms with Crippen molar-refractivity contribution in [3.05, 3.63) is 42.2 Å². The molecule has 2 atom stereocenters. The first-order valence-corrected chi connectivity index (χ1v) is 6.62. The van der Waals surface area contributed by atoms with E-state index < -0.39 is 0 Å². The van der Waals surface area contributed by atoms with E-state index in [1.54, 1.807) is 17.2 Å². The van der Waals surface area contributed by atoms with Gasteiger partial charge in [-0.15, -0.1) is 0 Å². The van der Waals surface area contributed by atoms with E-state index in [0.717, 1.165) is 25.3 Å². The van der Waals surface area contributed by atoms with Crippen molar-refractivity contribution >= 4 is 0 Å². The molecule has 0 unspecified atom stereocenters. The third kappa shape index (κ3) is 3.00. The maximum absolute atomic E-state index is 5.67. The van der Waals surface area contributed by atoms with Gasteiger partial charge in [0.1, 0.15) is 0 Å². The molecule has 5 nitrogen and oxygen atoms in total. The van der Waals surface area contributed by atoms with Gasteiger partial charge in [-0.25, -0.2) is 0 Å². The van der Waals surface area contributed by atoms with E-state index in [1.165, 1.54) is 5.56 Å². The van der Waals surface area contributed by atoms with Crippen molar-refractivity contribution in [3.8, 4) is 5.69 Å². The van der Waals surface area contributed by atoms with Gasteiger partial charge in [0.05, 0.1) is 30.8 Å². The summed E-state index contributed by atoms with van der Waals surface area (Å²) in [5.41, 5.74) is 2.26. The Morgan fingerprint density at radius 1 is 1.37 bits per heavy atom. The number of hydrogen-bond acceptors (Lipinski definition) is 4. The first kappa shape index (κ1) is 12.3. The van der Waals surface area contributed by atoms with Crippen molar-refractivity contribution in [2.75, 3.05) is 13.2 Å². The number of rotatable bonds is 3. The van der Waals surface area contributed by atoms with Crippen molar-refractivity contribution in [1.82, 2.24) is 20.3 Å². The lowest BCUT2D eigenvalue weighted by atomic mass is 10.0. The van der Waals surface area contributed by atoms with Gasteiger partial charge in [0.25, 0.3) is 0 Å². The maximum atomic E-state index is 5.67. The molecule has 1 saturated heterocycles. The number of ether oxygens (including phenoxy) is 1. The largest absolute Gasteiger partial charge is 0.376 e. The highest BCUT2D eigenvalue weighted by molar-refractivity contribution is 5.34. The topological polar surface area (TPSA) is 52.0 Å². The second-order valence-electron chi connectivity index (χ2n) is 4.94. The highest BCUT2D eigenvalue weighted by atomic mass is 16.5. The predicted octanol–water partition coefficient (Wildman–Crippen LogP) is 1.19. The second-order valence-corrected chi connectivity index (χ2v) is 4.94. The van der Waals surface area contributed by atoms with E-state index in [2.05, 4.69) is 34.6 Å². The van der Waals surface area contributed by atoms with E-state index in [9.17, 15) is 0 Å². The Labute approximate surface area is 112 Å². The Morgan fingerprint density at radius 3 is 2.95 bits per heavy atom. The number of nitrogens with one attached hydrogen (secondary N) is 1. The predicted molar refractivity (Wildman–Crippen MR) is 72.3 cm³/mol. The van der Waals surface area contributed by atoms with Crippen LogP contribution >= 0.6 is 0 Å². The fraction of sp³-hybridized carbons (Fsp3) is 0.429. The van der Waals surface area contributed by atoms with E-state index >= 15 is 0 Å². The number of aromatic nitrogens is 3. The first-order valence-electron chi connectivity index (χ1n) is 6.62.